The Balaban J connectivity index is 2.06. The largest absolute Gasteiger partial charge is 0.477 e. The first-order chi connectivity index (χ1) is 8.53. The number of aromatic nitrogens is 1. The van der Waals surface area contributed by atoms with Gasteiger partial charge in [-0.2, -0.15) is 0 Å². The van der Waals surface area contributed by atoms with Gasteiger partial charge in [-0.05, 0) is 31.7 Å². The quantitative estimate of drug-likeness (QED) is 0.788. The maximum absolute atomic E-state index is 12.1. The van der Waals surface area contributed by atoms with Crippen molar-refractivity contribution in [1.82, 2.24) is 4.57 Å². The third-order valence-corrected chi connectivity index (χ3v) is 3.76. The summed E-state index contributed by atoms with van der Waals surface area (Å²) in [5.74, 6) is -0.755. The van der Waals surface area contributed by atoms with Crippen molar-refractivity contribution in [3.63, 3.8) is 0 Å². The number of carboxylic acid groups (broad SMARTS) is 1. The fourth-order valence-corrected chi connectivity index (χ4v) is 2.75. The SMILES string of the molecule is Cn1c(C(=O)O)cc2c1OC1(CCCC1)C(=O)N2. The van der Waals surface area contributed by atoms with Gasteiger partial charge in [0, 0.05) is 7.05 Å². The Morgan fingerprint density at radius 1 is 1.50 bits per heavy atom. The number of fused-ring (bicyclic) bond motifs is 1. The summed E-state index contributed by atoms with van der Waals surface area (Å²) in [6.45, 7) is 0. The molecule has 0 atom stereocenters. The smallest absolute Gasteiger partial charge is 0.352 e. The van der Waals surface area contributed by atoms with E-state index in [1.165, 1.54) is 10.6 Å². The molecule has 6 nitrogen and oxygen atoms in total. The van der Waals surface area contributed by atoms with Crippen molar-refractivity contribution in [2.24, 2.45) is 7.05 Å². The van der Waals surface area contributed by atoms with Gasteiger partial charge in [-0.25, -0.2) is 4.79 Å². The second kappa shape index (κ2) is 3.51. The van der Waals surface area contributed by atoms with E-state index in [9.17, 15) is 9.59 Å². The minimum Gasteiger partial charge on any atom is -0.477 e. The van der Waals surface area contributed by atoms with E-state index in [0.29, 0.717) is 24.4 Å². The van der Waals surface area contributed by atoms with Crippen molar-refractivity contribution in [3.8, 4) is 5.88 Å². The number of amides is 1. The molecule has 96 valence electrons. The van der Waals surface area contributed by atoms with Crippen LogP contribution < -0.4 is 10.1 Å². The van der Waals surface area contributed by atoms with Gasteiger partial charge in [0.15, 0.2) is 5.60 Å². The minimum atomic E-state index is -1.04. The third-order valence-electron chi connectivity index (χ3n) is 3.76. The van der Waals surface area contributed by atoms with E-state index in [1.54, 1.807) is 7.05 Å². The van der Waals surface area contributed by atoms with Gasteiger partial charge in [0.25, 0.3) is 5.91 Å². The molecule has 1 fully saturated rings. The van der Waals surface area contributed by atoms with Gasteiger partial charge >= 0.3 is 5.97 Å². The molecular weight excluding hydrogens is 236 g/mol. The lowest BCUT2D eigenvalue weighted by Gasteiger charge is -2.33. The summed E-state index contributed by atoms with van der Waals surface area (Å²) in [5.41, 5.74) is -0.248. The number of carbonyl (C=O) groups is 2. The number of nitrogens with one attached hydrogen (secondary N) is 1. The zero-order chi connectivity index (χ0) is 12.9. The molecule has 18 heavy (non-hydrogen) atoms. The molecule has 1 aliphatic carbocycles. The van der Waals surface area contributed by atoms with Crippen LogP contribution in [0.25, 0.3) is 0 Å². The number of anilines is 1. The molecule has 1 aliphatic heterocycles. The molecule has 6 heteroatoms. The summed E-state index contributed by atoms with van der Waals surface area (Å²) in [6.07, 6.45) is 3.29. The number of rotatable bonds is 1. The fourth-order valence-electron chi connectivity index (χ4n) is 2.75. The Morgan fingerprint density at radius 2 is 2.17 bits per heavy atom. The number of hydrogen-bond acceptors (Lipinski definition) is 3. The summed E-state index contributed by atoms with van der Waals surface area (Å²) in [6, 6.07) is 1.43. The summed E-state index contributed by atoms with van der Waals surface area (Å²) in [7, 11) is 1.63. The third kappa shape index (κ3) is 1.35. The van der Waals surface area contributed by atoms with Crippen LogP contribution in [0, 0.1) is 0 Å². The first kappa shape index (κ1) is 11.1. The number of carbonyl (C=O) groups excluding carboxylic acids is 1. The number of nitrogens with zero attached hydrogens (tertiary/aromatic N) is 1. The van der Waals surface area contributed by atoms with Crippen LogP contribution in [0.15, 0.2) is 6.07 Å². The van der Waals surface area contributed by atoms with Gasteiger partial charge < -0.3 is 19.7 Å². The highest BCUT2D eigenvalue weighted by Crippen LogP contribution is 2.42. The molecule has 3 rings (SSSR count). The fraction of sp³-hybridized carbons (Fsp3) is 0.500. The van der Waals surface area contributed by atoms with Crippen molar-refractivity contribution in [2.45, 2.75) is 31.3 Å². The maximum Gasteiger partial charge on any atom is 0.352 e. The molecule has 0 bridgehead atoms. The highest BCUT2D eigenvalue weighted by molar-refractivity contribution is 6.02. The Morgan fingerprint density at radius 3 is 2.78 bits per heavy atom. The summed E-state index contributed by atoms with van der Waals surface area (Å²) in [4.78, 5) is 23.1. The van der Waals surface area contributed by atoms with Crippen molar-refractivity contribution in [1.29, 1.82) is 0 Å². The van der Waals surface area contributed by atoms with Crippen LogP contribution in [0.5, 0.6) is 5.88 Å². The normalized spacial score (nSPS) is 20.4. The van der Waals surface area contributed by atoms with E-state index in [4.69, 9.17) is 9.84 Å². The zero-order valence-corrected chi connectivity index (χ0v) is 10.0. The molecule has 0 aromatic carbocycles. The van der Waals surface area contributed by atoms with Crippen LogP contribution in [-0.4, -0.2) is 27.2 Å². The van der Waals surface area contributed by atoms with Crippen LogP contribution in [0.2, 0.25) is 0 Å². The van der Waals surface area contributed by atoms with Crippen molar-refractivity contribution < 1.29 is 19.4 Å². The van der Waals surface area contributed by atoms with E-state index < -0.39 is 11.6 Å². The monoisotopic (exact) mass is 250 g/mol. The molecular formula is C12H14N2O4. The highest BCUT2D eigenvalue weighted by Gasteiger charge is 2.48. The molecule has 0 radical (unpaired) electrons. The molecule has 1 aromatic heterocycles. The van der Waals surface area contributed by atoms with Gasteiger partial charge in [-0.15, -0.1) is 0 Å². The standard InChI is InChI=1S/C12H14N2O4/c1-14-8(10(15)16)6-7-9(14)18-12(11(17)13-7)4-2-3-5-12/h6H,2-5H2,1H3,(H,13,17)(H,15,16). The summed E-state index contributed by atoms with van der Waals surface area (Å²) >= 11 is 0. The van der Waals surface area contributed by atoms with Gasteiger partial charge in [0.05, 0.1) is 0 Å². The predicted molar refractivity (Wildman–Crippen MR) is 62.8 cm³/mol. The topological polar surface area (TPSA) is 80.6 Å². The van der Waals surface area contributed by atoms with E-state index in [2.05, 4.69) is 5.32 Å². The average molecular weight is 250 g/mol. The van der Waals surface area contributed by atoms with E-state index >= 15 is 0 Å². The van der Waals surface area contributed by atoms with Crippen LogP contribution in [0.1, 0.15) is 36.2 Å². The first-order valence-electron chi connectivity index (χ1n) is 5.97. The Kier molecular flexibility index (Phi) is 2.17. The zero-order valence-electron chi connectivity index (χ0n) is 10.0. The molecule has 1 saturated carbocycles. The molecule has 0 unspecified atom stereocenters. The van der Waals surface area contributed by atoms with E-state index in [0.717, 1.165) is 12.8 Å². The lowest BCUT2D eigenvalue weighted by atomic mass is 9.99. The van der Waals surface area contributed by atoms with Crippen LogP contribution >= 0.6 is 0 Å². The maximum atomic E-state index is 12.1. The molecule has 2 N–H and O–H groups in total. The van der Waals surface area contributed by atoms with Crippen LogP contribution in [0.4, 0.5) is 5.69 Å². The van der Waals surface area contributed by atoms with Crippen LogP contribution in [0.3, 0.4) is 0 Å². The van der Waals surface area contributed by atoms with Crippen molar-refractivity contribution in [3.05, 3.63) is 11.8 Å². The average Bonchev–Trinajstić information content (AvgIpc) is 2.89. The lowest BCUT2D eigenvalue weighted by Crippen LogP contribution is -2.48. The Hall–Kier alpha value is -1.98. The molecule has 2 heterocycles. The van der Waals surface area contributed by atoms with Crippen molar-refractivity contribution >= 4 is 17.6 Å². The van der Waals surface area contributed by atoms with Gasteiger partial charge in [-0.1, -0.05) is 0 Å². The highest BCUT2D eigenvalue weighted by atomic mass is 16.5. The van der Waals surface area contributed by atoms with E-state index in [1.807, 2.05) is 0 Å². The molecule has 1 aromatic rings. The number of hydrogen-bond donors (Lipinski definition) is 2. The number of carboxylic acids is 1. The predicted octanol–water partition coefficient (Wildman–Crippen LogP) is 1.37. The van der Waals surface area contributed by atoms with Gasteiger partial charge in [0.1, 0.15) is 11.4 Å². The first-order valence-corrected chi connectivity index (χ1v) is 5.97. The summed E-state index contributed by atoms with van der Waals surface area (Å²) in [5, 5.41) is 11.8. The lowest BCUT2D eigenvalue weighted by molar-refractivity contribution is -0.132. The molecule has 1 spiro atoms. The second-order valence-electron chi connectivity index (χ2n) is 4.87. The van der Waals surface area contributed by atoms with Crippen LogP contribution in [-0.2, 0) is 11.8 Å². The Bertz CT molecular complexity index is 541. The molecule has 1 amide bonds. The number of ether oxygens (including phenoxy) is 1. The summed E-state index contributed by atoms with van der Waals surface area (Å²) < 4.78 is 7.31. The van der Waals surface area contributed by atoms with Gasteiger partial charge in [0.2, 0.25) is 5.88 Å². The van der Waals surface area contributed by atoms with E-state index in [-0.39, 0.29) is 11.6 Å². The number of aromatic carboxylic acids is 1. The van der Waals surface area contributed by atoms with Crippen molar-refractivity contribution in [2.75, 3.05) is 5.32 Å². The second-order valence-corrected chi connectivity index (χ2v) is 4.87. The molecule has 0 saturated heterocycles. The molecule has 2 aliphatic rings. The minimum absolute atomic E-state index is 0.107. The Labute approximate surface area is 104 Å². The van der Waals surface area contributed by atoms with Gasteiger partial charge in [-0.3, -0.25) is 4.79 Å².